The van der Waals surface area contributed by atoms with Crippen molar-refractivity contribution in [3.63, 3.8) is 0 Å². The maximum Gasteiger partial charge on any atom is 0.325 e. The average Bonchev–Trinajstić information content (AvgIpc) is 2.85. The van der Waals surface area contributed by atoms with Gasteiger partial charge >= 0.3 is 6.03 Å². The summed E-state index contributed by atoms with van der Waals surface area (Å²) in [6.07, 6.45) is 1.37. The van der Waals surface area contributed by atoms with Gasteiger partial charge in [-0.1, -0.05) is 60.7 Å². The Kier molecular flexibility index (Phi) is 5.16. The summed E-state index contributed by atoms with van der Waals surface area (Å²) in [5, 5.41) is 2.75. The number of nitrogens with one attached hydrogen (secondary N) is 1. The molecule has 3 amide bonds. The van der Waals surface area contributed by atoms with Gasteiger partial charge in [0, 0.05) is 6.42 Å². The van der Waals surface area contributed by atoms with Crippen LogP contribution in [0.4, 0.5) is 4.79 Å². The Morgan fingerprint density at radius 3 is 2.15 bits per heavy atom. The Bertz CT molecular complexity index is 805. The molecule has 1 aliphatic heterocycles. The molecular formula is C21H22N2O3. The smallest absolute Gasteiger partial charge is 0.323 e. The van der Waals surface area contributed by atoms with Crippen LogP contribution in [0, 0.1) is 0 Å². The lowest BCUT2D eigenvalue weighted by Gasteiger charge is -2.21. The molecule has 0 spiro atoms. The van der Waals surface area contributed by atoms with E-state index < -0.39 is 11.6 Å². The Labute approximate surface area is 153 Å². The molecule has 1 fully saturated rings. The van der Waals surface area contributed by atoms with Gasteiger partial charge in [0.25, 0.3) is 5.91 Å². The highest BCUT2D eigenvalue weighted by atomic mass is 16.2. The molecular weight excluding hydrogens is 328 g/mol. The number of hydrogen-bond acceptors (Lipinski definition) is 3. The normalized spacial score (nSPS) is 19.5. The first-order valence-electron chi connectivity index (χ1n) is 8.71. The number of benzene rings is 2. The molecule has 2 aromatic carbocycles. The summed E-state index contributed by atoms with van der Waals surface area (Å²) in [7, 11) is 0. The Morgan fingerprint density at radius 1 is 0.962 bits per heavy atom. The number of nitrogens with zero attached hydrogens (tertiary/aromatic N) is 1. The molecule has 5 heteroatoms. The molecule has 0 bridgehead atoms. The van der Waals surface area contributed by atoms with Crippen LogP contribution >= 0.6 is 0 Å². The number of hydrogen-bond donors (Lipinski definition) is 1. The van der Waals surface area contributed by atoms with Crippen molar-refractivity contribution in [3.05, 3.63) is 71.8 Å². The van der Waals surface area contributed by atoms with Crippen LogP contribution < -0.4 is 5.32 Å². The van der Waals surface area contributed by atoms with Crippen LogP contribution in [-0.4, -0.2) is 34.7 Å². The predicted molar refractivity (Wildman–Crippen MR) is 98.6 cm³/mol. The van der Waals surface area contributed by atoms with Gasteiger partial charge in [0.05, 0.1) is 6.54 Å². The second-order valence-electron chi connectivity index (χ2n) is 6.84. The van der Waals surface area contributed by atoms with E-state index in [0.29, 0.717) is 12.8 Å². The first-order chi connectivity index (χ1) is 12.5. The molecule has 1 N–H and O–H groups in total. The second kappa shape index (κ2) is 7.52. The van der Waals surface area contributed by atoms with E-state index in [1.54, 1.807) is 6.92 Å². The number of ketones is 1. The number of aryl methyl sites for hydroxylation is 1. The summed E-state index contributed by atoms with van der Waals surface area (Å²) < 4.78 is 0. The van der Waals surface area contributed by atoms with Gasteiger partial charge < -0.3 is 5.32 Å². The number of Topliss-reactive ketones (excluding diaryl/α,β-unsaturated/α-hetero) is 1. The van der Waals surface area contributed by atoms with Gasteiger partial charge in [0.15, 0.2) is 5.78 Å². The first-order valence-corrected chi connectivity index (χ1v) is 8.71. The Hall–Kier alpha value is -2.95. The van der Waals surface area contributed by atoms with Gasteiger partial charge in [-0.05, 0) is 30.9 Å². The van der Waals surface area contributed by atoms with Gasteiger partial charge in [-0.3, -0.25) is 14.5 Å². The molecule has 0 aliphatic carbocycles. The molecule has 5 nitrogen and oxygen atoms in total. The summed E-state index contributed by atoms with van der Waals surface area (Å²) in [6, 6.07) is 18.6. The summed E-state index contributed by atoms with van der Waals surface area (Å²) >= 11 is 0. The van der Waals surface area contributed by atoms with Crippen molar-refractivity contribution < 1.29 is 14.4 Å². The quantitative estimate of drug-likeness (QED) is 0.781. The molecule has 1 atom stereocenters. The van der Waals surface area contributed by atoms with Gasteiger partial charge in [-0.2, -0.15) is 0 Å². The SMILES string of the molecule is CC1(CCc2ccccc2)NC(=O)N(CC(=O)Cc2ccccc2)C1=O. The highest BCUT2D eigenvalue weighted by molar-refractivity contribution is 6.09. The van der Waals surface area contributed by atoms with Gasteiger partial charge in [-0.15, -0.1) is 0 Å². The van der Waals surface area contributed by atoms with Crippen LogP contribution in [0.15, 0.2) is 60.7 Å². The number of amides is 3. The zero-order chi connectivity index (χ0) is 18.6. The van der Waals surface area contributed by atoms with Crippen LogP contribution in [0.5, 0.6) is 0 Å². The van der Waals surface area contributed by atoms with E-state index in [2.05, 4.69) is 5.32 Å². The zero-order valence-corrected chi connectivity index (χ0v) is 14.8. The molecule has 0 aromatic heterocycles. The topological polar surface area (TPSA) is 66.5 Å². The number of rotatable bonds is 7. The third-order valence-electron chi connectivity index (χ3n) is 4.68. The molecule has 1 saturated heterocycles. The Balaban J connectivity index is 1.61. The Morgan fingerprint density at radius 2 is 1.54 bits per heavy atom. The molecule has 2 aromatic rings. The molecule has 0 radical (unpaired) electrons. The van der Waals surface area contributed by atoms with Crippen molar-refractivity contribution in [2.75, 3.05) is 6.54 Å². The summed E-state index contributed by atoms with van der Waals surface area (Å²) in [4.78, 5) is 38.3. The van der Waals surface area contributed by atoms with Crippen LogP contribution in [0.25, 0.3) is 0 Å². The van der Waals surface area contributed by atoms with Crippen molar-refractivity contribution in [1.29, 1.82) is 0 Å². The number of imide groups is 1. The van der Waals surface area contributed by atoms with E-state index in [9.17, 15) is 14.4 Å². The zero-order valence-electron chi connectivity index (χ0n) is 14.8. The van der Waals surface area contributed by atoms with Crippen LogP contribution in [0.3, 0.4) is 0 Å². The standard InChI is InChI=1S/C21H22N2O3/c1-21(13-12-16-8-4-2-5-9-16)19(25)23(20(26)22-21)15-18(24)14-17-10-6-3-7-11-17/h2-11H,12-15H2,1H3,(H,22,26). The molecule has 26 heavy (non-hydrogen) atoms. The van der Waals surface area contributed by atoms with Crippen molar-refractivity contribution >= 4 is 17.7 Å². The van der Waals surface area contributed by atoms with E-state index in [4.69, 9.17) is 0 Å². The minimum Gasteiger partial charge on any atom is -0.323 e. The monoisotopic (exact) mass is 350 g/mol. The van der Waals surface area contributed by atoms with E-state index >= 15 is 0 Å². The lowest BCUT2D eigenvalue weighted by molar-refractivity contribution is -0.134. The maximum absolute atomic E-state index is 12.7. The van der Waals surface area contributed by atoms with E-state index in [1.165, 1.54) is 0 Å². The molecule has 3 rings (SSSR count). The molecule has 0 saturated carbocycles. The molecule has 1 unspecified atom stereocenters. The predicted octanol–water partition coefficient (Wildman–Crippen LogP) is 2.74. The number of carbonyl (C=O) groups excluding carboxylic acids is 3. The minimum atomic E-state index is -0.972. The van der Waals surface area contributed by atoms with Crippen molar-refractivity contribution in [3.8, 4) is 0 Å². The summed E-state index contributed by atoms with van der Waals surface area (Å²) in [5.41, 5.74) is 1.01. The van der Waals surface area contributed by atoms with Crippen molar-refractivity contribution in [1.82, 2.24) is 10.2 Å². The van der Waals surface area contributed by atoms with Crippen molar-refractivity contribution in [2.45, 2.75) is 31.7 Å². The molecule has 1 heterocycles. The fourth-order valence-electron chi connectivity index (χ4n) is 3.15. The summed E-state index contributed by atoms with van der Waals surface area (Å²) in [5.74, 6) is -0.494. The second-order valence-corrected chi connectivity index (χ2v) is 6.84. The van der Waals surface area contributed by atoms with E-state index in [-0.39, 0.29) is 24.7 Å². The lowest BCUT2D eigenvalue weighted by atomic mass is 9.93. The maximum atomic E-state index is 12.7. The van der Waals surface area contributed by atoms with Crippen LogP contribution in [0.1, 0.15) is 24.5 Å². The van der Waals surface area contributed by atoms with Crippen molar-refractivity contribution in [2.24, 2.45) is 0 Å². The first kappa shape index (κ1) is 17.9. The van der Waals surface area contributed by atoms with Gasteiger partial charge in [-0.25, -0.2) is 4.79 Å². The fraction of sp³-hybridized carbons (Fsp3) is 0.286. The summed E-state index contributed by atoms with van der Waals surface area (Å²) in [6.45, 7) is 1.53. The molecule has 1 aliphatic rings. The average molecular weight is 350 g/mol. The lowest BCUT2D eigenvalue weighted by Crippen LogP contribution is -2.44. The van der Waals surface area contributed by atoms with Crippen LogP contribution in [-0.2, 0) is 22.4 Å². The minimum absolute atomic E-state index is 0.160. The third kappa shape index (κ3) is 3.99. The highest BCUT2D eigenvalue weighted by Gasteiger charge is 2.47. The van der Waals surface area contributed by atoms with E-state index in [1.807, 2.05) is 60.7 Å². The molecule has 134 valence electrons. The van der Waals surface area contributed by atoms with E-state index in [0.717, 1.165) is 16.0 Å². The fourth-order valence-corrected chi connectivity index (χ4v) is 3.15. The van der Waals surface area contributed by atoms with Gasteiger partial charge in [0.2, 0.25) is 0 Å². The highest BCUT2D eigenvalue weighted by Crippen LogP contribution is 2.23. The number of carbonyl (C=O) groups is 3. The largest absolute Gasteiger partial charge is 0.325 e. The number of urea groups is 1. The van der Waals surface area contributed by atoms with Crippen LogP contribution in [0.2, 0.25) is 0 Å². The third-order valence-corrected chi connectivity index (χ3v) is 4.68. The van der Waals surface area contributed by atoms with Gasteiger partial charge in [0.1, 0.15) is 5.54 Å².